The van der Waals surface area contributed by atoms with Crippen molar-refractivity contribution in [3.8, 4) is 0 Å². The molecule has 0 aromatic carbocycles. The summed E-state index contributed by atoms with van der Waals surface area (Å²) < 4.78 is 5.02. The van der Waals surface area contributed by atoms with Gasteiger partial charge in [-0.05, 0) is 25.2 Å². The van der Waals surface area contributed by atoms with Crippen LogP contribution in [0.25, 0.3) is 0 Å². The molecule has 2 amide bonds. The van der Waals surface area contributed by atoms with Gasteiger partial charge in [-0.2, -0.15) is 0 Å². The van der Waals surface area contributed by atoms with Crippen molar-refractivity contribution >= 4 is 12.0 Å². The highest BCUT2D eigenvalue weighted by Crippen LogP contribution is 2.37. The lowest BCUT2D eigenvalue weighted by Gasteiger charge is -2.27. The molecule has 0 aromatic heterocycles. The van der Waals surface area contributed by atoms with Crippen LogP contribution in [0.3, 0.4) is 0 Å². The zero-order chi connectivity index (χ0) is 13.1. The minimum atomic E-state index is -0.920. The molecule has 2 N–H and O–H groups in total. The summed E-state index contributed by atoms with van der Waals surface area (Å²) >= 11 is 0. The zero-order valence-corrected chi connectivity index (χ0v) is 10.6. The highest BCUT2D eigenvalue weighted by atomic mass is 16.5. The van der Waals surface area contributed by atoms with Crippen LogP contribution in [0, 0.1) is 5.92 Å². The fourth-order valence-electron chi connectivity index (χ4n) is 2.91. The summed E-state index contributed by atoms with van der Waals surface area (Å²) in [6, 6.07) is 0.296. The van der Waals surface area contributed by atoms with Gasteiger partial charge in [-0.15, -0.1) is 0 Å². The molecular formula is C12H20N2O4. The van der Waals surface area contributed by atoms with Crippen LogP contribution in [0.15, 0.2) is 0 Å². The van der Waals surface area contributed by atoms with E-state index in [1.165, 1.54) is 13.5 Å². The number of aliphatic carboxylic acids is 1. The number of hydrogen-bond acceptors (Lipinski definition) is 3. The number of carboxylic acids is 1. The minimum absolute atomic E-state index is 0.0883. The van der Waals surface area contributed by atoms with Gasteiger partial charge in [-0.3, -0.25) is 4.79 Å². The lowest BCUT2D eigenvalue weighted by Crippen LogP contribution is -2.46. The Morgan fingerprint density at radius 2 is 2.28 bits per heavy atom. The highest BCUT2D eigenvalue weighted by Gasteiger charge is 2.40. The van der Waals surface area contributed by atoms with Crippen LogP contribution in [0.4, 0.5) is 4.79 Å². The van der Waals surface area contributed by atoms with Gasteiger partial charge in [-0.1, -0.05) is 0 Å². The highest BCUT2D eigenvalue weighted by molar-refractivity contribution is 5.75. The Morgan fingerprint density at radius 3 is 2.78 bits per heavy atom. The largest absolute Gasteiger partial charge is 0.481 e. The van der Waals surface area contributed by atoms with Crippen molar-refractivity contribution < 1.29 is 19.4 Å². The Kier molecular flexibility index (Phi) is 4.06. The summed E-state index contributed by atoms with van der Waals surface area (Å²) in [5, 5.41) is 11.4. The quantitative estimate of drug-likeness (QED) is 0.757. The Balaban J connectivity index is 1.75. The summed E-state index contributed by atoms with van der Waals surface area (Å²) in [5.41, 5.74) is 0. The summed E-state index contributed by atoms with van der Waals surface area (Å²) in [7, 11) is 1.46. The molecule has 6 heteroatoms. The van der Waals surface area contributed by atoms with Gasteiger partial charge in [0.15, 0.2) is 0 Å². The number of hydrogen-bond donors (Lipinski definition) is 2. The molecule has 2 aliphatic rings. The molecule has 18 heavy (non-hydrogen) atoms. The van der Waals surface area contributed by atoms with E-state index in [4.69, 9.17) is 9.84 Å². The van der Waals surface area contributed by atoms with Gasteiger partial charge < -0.3 is 20.1 Å². The molecule has 1 saturated carbocycles. The third-order valence-corrected chi connectivity index (χ3v) is 3.89. The molecule has 3 unspecified atom stereocenters. The van der Waals surface area contributed by atoms with E-state index in [0.29, 0.717) is 12.0 Å². The monoisotopic (exact) mass is 256 g/mol. The molecule has 2 fully saturated rings. The van der Waals surface area contributed by atoms with Crippen LogP contribution >= 0.6 is 0 Å². The van der Waals surface area contributed by atoms with Crippen LogP contribution in [-0.2, 0) is 9.53 Å². The topological polar surface area (TPSA) is 78.9 Å². The van der Waals surface area contributed by atoms with Gasteiger partial charge in [0.2, 0.25) is 0 Å². The predicted octanol–water partition coefficient (Wildman–Crippen LogP) is 0.670. The van der Waals surface area contributed by atoms with Crippen LogP contribution in [-0.4, -0.2) is 54.4 Å². The predicted molar refractivity (Wildman–Crippen MR) is 64.3 cm³/mol. The third kappa shape index (κ3) is 2.93. The molecule has 0 aromatic rings. The van der Waals surface area contributed by atoms with Crippen molar-refractivity contribution in [1.29, 1.82) is 0 Å². The molecular weight excluding hydrogens is 236 g/mol. The maximum atomic E-state index is 12.0. The number of amides is 2. The number of rotatable bonds is 5. The molecule has 1 aliphatic heterocycles. The minimum Gasteiger partial charge on any atom is -0.481 e. The second-order valence-corrected chi connectivity index (χ2v) is 5.13. The van der Waals surface area contributed by atoms with Gasteiger partial charge in [0.25, 0.3) is 0 Å². The van der Waals surface area contributed by atoms with Crippen molar-refractivity contribution in [2.75, 3.05) is 20.2 Å². The number of likely N-dealkylation sites (tertiary alicyclic amines) is 1. The van der Waals surface area contributed by atoms with Gasteiger partial charge in [0.1, 0.15) is 0 Å². The molecule has 2 rings (SSSR count). The van der Waals surface area contributed by atoms with E-state index in [-0.39, 0.29) is 19.0 Å². The molecule has 0 spiro atoms. The maximum Gasteiger partial charge on any atom is 0.317 e. The molecule has 2 bridgehead atoms. The molecule has 6 nitrogen and oxygen atoms in total. The fraction of sp³-hybridized carbons (Fsp3) is 0.833. The molecule has 3 atom stereocenters. The number of carbonyl (C=O) groups excluding carboxylic acids is 1. The van der Waals surface area contributed by atoms with E-state index in [2.05, 4.69) is 5.32 Å². The van der Waals surface area contributed by atoms with Gasteiger partial charge in [-0.25, -0.2) is 4.79 Å². The standard InChI is InChI=1S/C12H20N2O4/c1-18-10(5-11(15)16)6-13-12(17)14-7-8-2-3-9(14)4-8/h8-10H,2-7H2,1H3,(H,13,17)(H,15,16). The van der Waals surface area contributed by atoms with Crippen LogP contribution < -0.4 is 5.32 Å². The van der Waals surface area contributed by atoms with Gasteiger partial charge >= 0.3 is 12.0 Å². The van der Waals surface area contributed by atoms with Crippen molar-refractivity contribution in [3.63, 3.8) is 0 Å². The van der Waals surface area contributed by atoms with Crippen molar-refractivity contribution in [1.82, 2.24) is 10.2 Å². The van der Waals surface area contributed by atoms with Crippen molar-refractivity contribution in [2.24, 2.45) is 5.92 Å². The molecule has 102 valence electrons. The lowest BCUT2D eigenvalue weighted by molar-refractivity contribution is -0.139. The van der Waals surface area contributed by atoms with Crippen LogP contribution in [0.1, 0.15) is 25.7 Å². The summed E-state index contributed by atoms with van der Waals surface area (Å²) in [6.45, 7) is 1.09. The van der Waals surface area contributed by atoms with E-state index in [1.54, 1.807) is 0 Å². The SMILES string of the molecule is COC(CNC(=O)N1CC2CCC1C2)CC(=O)O. The number of carbonyl (C=O) groups is 2. The van der Waals surface area contributed by atoms with Crippen LogP contribution in [0.2, 0.25) is 0 Å². The van der Waals surface area contributed by atoms with E-state index < -0.39 is 12.1 Å². The summed E-state index contributed by atoms with van der Waals surface area (Å²) in [6.07, 6.45) is 2.89. The first kappa shape index (κ1) is 13.1. The first-order valence-corrected chi connectivity index (χ1v) is 6.39. The zero-order valence-electron chi connectivity index (χ0n) is 10.6. The summed E-state index contributed by atoms with van der Waals surface area (Å²) in [5.74, 6) is -0.255. The van der Waals surface area contributed by atoms with E-state index >= 15 is 0 Å². The lowest BCUT2D eigenvalue weighted by atomic mass is 10.1. The normalized spacial score (nSPS) is 27.3. The van der Waals surface area contributed by atoms with Crippen LogP contribution in [0.5, 0.6) is 0 Å². The smallest absolute Gasteiger partial charge is 0.317 e. The van der Waals surface area contributed by atoms with E-state index in [9.17, 15) is 9.59 Å². The Labute approximate surface area is 106 Å². The molecule has 1 heterocycles. The summed E-state index contributed by atoms with van der Waals surface area (Å²) in [4.78, 5) is 24.4. The Hall–Kier alpha value is -1.30. The van der Waals surface area contributed by atoms with Crippen molar-refractivity contribution in [2.45, 2.75) is 37.8 Å². The number of urea groups is 1. The fourth-order valence-corrected chi connectivity index (χ4v) is 2.91. The molecule has 0 radical (unpaired) electrons. The number of piperidine rings is 1. The van der Waals surface area contributed by atoms with Crippen molar-refractivity contribution in [3.05, 3.63) is 0 Å². The second-order valence-electron chi connectivity index (χ2n) is 5.13. The Morgan fingerprint density at radius 1 is 1.50 bits per heavy atom. The number of fused-ring (bicyclic) bond motifs is 2. The average Bonchev–Trinajstić information content (AvgIpc) is 2.95. The second kappa shape index (κ2) is 5.56. The van der Waals surface area contributed by atoms with E-state index in [0.717, 1.165) is 19.4 Å². The third-order valence-electron chi connectivity index (χ3n) is 3.89. The number of nitrogens with zero attached hydrogens (tertiary/aromatic N) is 1. The van der Waals surface area contributed by atoms with Gasteiger partial charge in [0, 0.05) is 26.2 Å². The molecule has 1 saturated heterocycles. The Bertz CT molecular complexity index is 334. The first-order chi connectivity index (χ1) is 8.60. The number of nitrogens with one attached hydrogen (secondary N) is 1. The molecule has 1 aliphatic carbocycles. The first-order valence-electron chi connectivity index (χ1n) is 6.39. The number of methoxy groups -OCH3 is 1. The van der Waals surface area contributed by atoms with E-state index in [1.807, 2.05) is 4.90 Å². The van der Waals surface area contributed by atoms with Gasteiger partial charge in [0.05, 0.1) is 12.5 Å². The maximum absolute atomic E-state index is 12.0. The average molecular weight is 256 g/mol. The number of ether oxygens (including phenoxy) is 1. The number of carboxylic acid groups (broad SMARTS) is 1.